The lowest BCUT2D eigenvalue weighted by atomic mass is 9.86. The van der Waals surface area contributed by atoms with Gasteiger partial charge in [0.25, 0.3) is 0 Å². The second-order valence-corrected chi connectivity index (χ2v) is 5.90. The van der Waals surface area contributed by atoms with Crippen LogP contribution >= 0.6 is 0 Å². The van der Waals surface area contributed by atoms with Crippen LogP contribution in [0, 0.1) is 11.8 Å². The van der Waals surface area contributed by atoms with E-state index in [-0.39, 0.29) is 0 Å². The van der Waals surface area contributed by atoms with Crippen molar-refractivity contribution in [2.45, 2.75) is 51.1 Å². The summed E-state index contributed by atoms with van der Waals surface area (Å²) in [4.78, 5) is 2.57. The summed E-state index contributed by atoms with van der Waals surface area (Å²) in [5.41, 5.74) is 5.89. The predicted molar refractivity (Wildman–Crippen MR) is 69.3 cm³/mol. The van der Waals surface area contributed by atoms with E-state index in [0.717, 1.165) is 18.4 Å². The maximum Gasteiger partial charge on any atom is 0.0229 e. The second-order valence-electron chi connectivity index (χ2n) is 5.90. The number of hydrogen-bond donors (Lipinski definition) is 1. The fourth-order valence-corrected chi connectivity index (χ4v) is 3.14. The molecule has 0 amide bonds. The van der Waals surface area contributed by atoms with Gasteiger partial charge in [0.1, 0.15) is 0 Å². The predicted octanol–water partition coefficient (Wildman–Crippen LogP) is 2.40. The number of nitrogens with two attached hydrogens (primary N) is 1. The van der Waals surface area contributed by atoms with Gasteiger partial charge in [-0.3, -0.25) is 0 Å². The van der Waals surface area contributed by atoms with Crippen LogP contribution in [-0.4, -0.2) is 30.6 Å². The molecule has 0 bridgehead atoms. The number of nitrogens with zero attached hydrogens (tertiary/aromatic N) is 1. The Morgan fingerprint density at radius 2 is 1.88 bits per heavy atom. The molecule has 2 aliphatic rings. The molecule has 1 fully saturated rings. The van der Waals surface area contributed by atoms with Crippen molar-refractivity contribution in [2.24, 2.45) is 17.6 Å². The van der Waals surface area contributed by atoms with Gasteiger partial charge < -0.3 is 10.6 Å². The summed E-state index contributed by atoms with van der Waals surface area (Å²) in [7, 11) is 2.29. The molecular weight excluding hydrogens is 196 g/mol. The van der Waals surface area contributed by atoms with Crippen molar-refractivity contribution in [1.82, 2.24) is 4.90 Å². The van der Waals surface area contributed by atoms with Crippen molar-refractivity contribution >= 4 is 0 Å². The fraction of sp³-hybridized carbons (Fsp3) is 0.857. The van der Waals surface area contributed by atoms with Gasteiger partial charge in [-0.05, 0) is 51.0 Å². The van der Waals surface area contributed by atoms with Crippen LogP contribution in [-0.2, 0) is 0 Å². The Balaban J connectivity index is 1.75. The molecule has 0 saturated heterocycles. The van der Waals surface area contributed by atoms with Crippen LogP contribution in [0.4, 0.5) is 0 Å². The van der Waals surface area contributed by atoms with Crippen molar-refractivity contribution < 1.29 is 0 Å². The van der Waals surface area contributed by atoms with Crippen LogP contribution < -0.4 is 5.73 Å². The lowest BCUT2D eigenvalue weighted by Gasteiger charge is -2.34. The van der Waals surface area contributed by atoms with E-state index in [9.17, 15) is 0 Å². The molecule has 92 valence electrons. The first kappa shape index (κ1) is 12.1. The zero-order valence-electron chi connectivity index (χ0n) is 10.7. The van der Waals surface area contributed by atoms with Gasteiger partial charge in [0.15, 0.2) is 0 Å². The Morgan fingerprint density at radius 1 is 1.19 bits per heavy atom. The van der Waals surface area contributed by atoms with Gasteiger partial charge in [-0.25, -0.2) is 0 Å². The molecule has 0 aromatic carbocycles. The topological polar surface area (TPSA) is 29.3 Å². The lowest BCUT2D eigenvalue weighted by molar-refractivity contribution is 0.157. The van der Waals surface area contributed by atoms with Gasteiger partial charge in [-0.2, -0.15) is 0 Å². The van der Waals surface area contributed by atoms with E-state index < -0.39 is 0 Å². The monoisotopic (exact) mass is 222 g/mol. The molecule has 0 aliphatic heterocycles. The van der Waals surface area contributed by atoms with E-state index >= 15 is 0 Å². The van der Waals surface area contributed by atoms with Crippen molar-refractivity contribution in [3.05, 3.63) is 12.2 Å². The van der Waals surface area contributed by atoms with Crippen molar-refractivity contribution in [1.29, 1.82) is 0 Å². The number of hydrogen-bond acceptors (Lipinski definition) is 2. The lowest BCUT2D eigenvalue weighted by Crippen LogP contribution is -2.37. The summed E-state index contributed by atoms with van der Waals surface area (Å²) in [6.45, 7) is 3.58. The SMILES string of the molecule is CC1CCC(N(C)CC2C=CC(N)C2)CC1. The largest absolute Gasteiger partial charge is 0.324 e. The average molecular weight is 222 g/mol. The fourth-order valence-electron chi connectivity index (χ4n) is 3.14. The molecule has 2 heteroatoms. The van der Waals surface area contributed by atoms with Crippen LogP contribution in [0.3, 0.4) is 0 Å². The van der Waals surface area contributed by atoms with Gasteiger partial charge >= 0.3 is 0 Å². The highest BCUT2D eigenvalue weighted by atomic mass is 15.1. The van der Waals surface area contributed by atoms with Crippen molar-refractivity contribution in [3.63, 3.8) is 0 Å². The van der Waals surface area contributed by atoms with Crippen LogP contribution in [0.2, 0.25) is 0 Å². The molecule has 0 spiro atoms. The Bertz CT molecular complexity index is 241. The van der Waals surface area contributed by atoms with E-state index in [2.05, 4.69) is 31.0 Å². The first-order chi connectivity index (χ1) is 7.65. The van der Waals surface area contributed by atoms with Crippen molar-refractivity contribution in [2.75, 3.05) is 13.6 Å². The third kappa shape index (κ3) is 3.08. The molecule has 2 aliphatic carbocycles. The summed E-state index contributed by atoms with van der Waals surface area (Å²) in [5.74, 6) is 1.64. The summed E-state index contributed by atoms with van der Waals surface area (Å²) >= 11 is 0. The first-order valence-corrected chi connectivity index (χ1v) is 6.79. The molecule has 2 nitrogen and oxygen atoms in total. The molecule has 2 atom stereocenters. The highest BCUT2D eigenvalue weighted by molar-refractivity contribution is 5.05. The highest BCUT2D eigenvalue weighted by Crippen LogP contribution is 2.27. The summed E-state index contributed by atoms with van der Waals surface area (Å²) in [6.07, 6.45) is 11.2. The van der Waals surface area contributed by atoms with Gasteiger partial charge in [0, 0.05) is 18.6 Å². The minimum Gasteiger partial charge on any atom is -0.324 e. The maximum atomic E-state index is 5.89. The Morgan fingerprint density at radius 3 is 2.44 bits per heavy atom. The molecule has 16 heavy (non-hydrogen) atoms. The minimum atomic E-state index is 0.310. The van der Waals surface area contributed by atoms with Crippen LogP contribution in [0.15, 0.2) is 12.2 Å². The highest BCUT2D eigenvalue weighted by Gasteiger charge is 2.24. The molecule has 2 rings (SSSR count). The zero-order chi connectivity index (χ0) is 11.5. The normalized spacial score (nSPS) is 39.5. The Kier molecular flexibility index (Phi) is 4.04. The standard InChI is InChI=1S/C14H26N2/c1-11-3-7-14(8-4-11)16(2)10-12-5-6-13(15)9-12/h5-6,11-14H,3-4,7-10,15H2,1-2H3. The molecule has 1 saturated carbocycles. The summed E-state index contributed by atoms with van der Waals surface area (Å²) in [6, 6.07) is 1.13. The average Bonchev–Trinajstić information content (AvgIpc) is 2.65. The third-order valence-electron chi connectivity index (χ3n) is 4.34. The third-order valence-corrected chi connectivity index (χ3v) is 4.34. The smallest absolute Gasteiger partial charge is 0.0229 e. The quantitative estimate of drug-likeness (QED) is 0.743. The first-order valence-electron chi connectivity index (χ1n) is 6.79. The van der Waals surface area contributed by atoms with Crippen molar-refractivity contribution in [3.8, 4) is 0 Å². The van der Waals surface area contributed by atoms with E-state index in [1.165, 1.54) is 32.2 Å². The van der Waals surface area contributed by atoms with Crippen LogP contribution in [0.1, 0.15) is 39.0 Å². The van der Waals surface area contributed by atoms with Gasteiger partial charge in [0.05, 0.1) is 0 Å². The maximum absolute atomic E-state index is 5.89. The van der Waals surface area contributed by atoms with Gasteiger partial charge in [0.2, 0.25) is 0 Å². The number of rotatable bonds is 3. The van der Waals surface area contributed by atoms with E-state index in [0.29, 0.717) is 12.0 Å². The second kappa shape index (κ2) is 5.33. The zero-order valence-corrected chi connectivity index (χ0v) is 10.7. The molecule has 0 aromatic rings. The van der Waals surface area contributed by atoms with Crippen LogP contribution in [0.5, 0.6) is 0 Å². The molecule has 2 N–H and O–H groups in total. The van der Waals surface area contributed by atoms with Crippen LogP contribution in [0.25, 0.3) is 0 Å². The Hall–Kier alpha value is -0.340. The molecule has 0 radical (unpaired) electrons. The van der Waals surface area contributed by atoms with E-state index in [1.807, 2.05) is 0 Å². The molecule has 0 heterocycles. The molecular formula is C14H26N2. The van der Waals surface area contributed by atoms with Gasteiger partial charge in [-0.15, -0.1) is 0 Å². The molecule has 0 aromatic heterocycles. The minimum absolute atomic E-state index is 0.310. The van der Waals surface area contributed by atoms with E-state index in [1.54, 1.807) is 0 Å². The molecule has 2 unspecified atom stereocenters. The van der Waals surface area contributed by atoms with E-state index in [4.69, 9.17) is 5.73 Å². The summed E-state index contributed by atoms with van der Waals surface area (Å²) in [5, 5.41) is 0. The summed E-state index contributed by atoms with van der Waals surface area (Å²) < 4.78 is 0. The van der Waals surface area contributed by atoms with Gasteiger partial charge in [-0.1, -0.05) is 19.1 Å². The Labute approximate surface area is 99.9 Å².